The minimum absolute atomic E-state index is 0.0630. The van der Waals surface area contributed by atoms with Crippen molar-refractivity contribution in [1.29, 1.82) is 0 Å². The minimum Gasteiger partial charge on any atom is -0.349 e. The van der Waals surface area contributed by atoms with Crippen molar-refractivity contribution in [2.24, 2.45) is 0 Å². The highest BCUT2D eigenvalue weighted by Gasteiger charge is 2.14. The third kappa shape index (κ3) is 5.35. The molecular formula is C21H24BrNOS. The second kappa shape index (κ2) is 8.91. The number of hydrogen-bond donors (Lipinski definition) is 1. The van der Waals surface area contributed by atoms with Gasteiger partial charge in [-0.25, -0.2) is 0 Å². The van der Waals surface area contributed by atoms with Gasteiger partial charge < -0.3 is 5.32 Å². The number of amides is 1. The van der Waals surface area contributed by atoms with Gasteiger partial charge in [0.2, 0.25) is 5.91 Å². The Labute approximate surface area is 162 Å². The Morgan fingerprint density at radius 3 is 2.60 bits per heavy atom. The predicted molar refractivity (Wildman–Crippen MR) is 110 cm³/mol. The highest BCUT2D eigenvalue weighted by Crippen LogP contribution is 2.25. The van der Waals surface area contributed by atoms with E-state index in [0.717, 1.165) is 10.2 Å². The summed E-state index contributed by atoms with van der Waals surface area (Å²) >= 11 is 5.09. The molecule has 0 unspecified atom stereocenters. The summed E-state index contributed by atoms with van der Waals surface area (Å²) in [6.07, 6.45) is 4.95. The van der Waals surface area contributed by atoms with E-state index >= 15 is 0 Å². The summed E-state index contributed by atoms with van der Waals surface area (Å²) in [5, 5.41) is 3.13. The standard InChI is InChI=1S/C21H24BrNOS/c1-15(18-9-8-17-4-2-3-5-19(17)12-18)23-21(24)14-25-13-16-6-10-20(22)11-7-16/h6-12,15H,2-5,13-14H2,1H3,(H,23,24)/t15-/m1/s1. The van der Waals surface area contributed by atoms with E-state index in [1.807, 2.05) is 12.1 Å². The molecule has 2 nitrogen and oxygen atoms in total. The Hall–Kier alpha value is -1.26. The van der Waals surface area contributed by atoms with Crippen LogP contribution in [-0.2, 0) is 23.4 Å². The maximum Gasteiger partial charge on any atom is 0.230 e. The smallest absolute Gasteiger partial charge is 0.230 e. The van der Waals surface area contributed by atoms with Gasteiger partial charge in [0.15, 0.2) is 0 Å². The van der Waals surface area contributed by atoms with E-state index in [2.05, 4.69) is 58.5 Å². The SMILES string of the molecule is C[C@@H](NC(=O)CSCc1ccc(Br)cc1)c1ccc2c(c1)CCCC2. The van der Waals surface area contributed by atoms with Gasteiger partial charge in [-0.1, -0.05) is 46.3 Å². The molecule has 1 N–H and O–H groups in total. The molecule has 1 amide bonds. The molecule has 0 radical (unpaired) electrons. The number of benzene rings is 2. The molecule has 1 aliphatic rings. The van der Waals surface area contributed by atoms with E-state index in [4.69, 9.17) is 0 Å². The van der Waals surface area contributed by atoms with Crippen molar-refractivity contribution >= 4 is 33.6 Å². The lowest BCUT2D eigenvalue weighted by Crippen LogP contribution is -2.28. The quantitative estimate of drug-likeness (QED) is 0.677. The monoisotopic (exact) mass is 417 g/mol. The molecule has 0 aromatic heterocycles. The van der Waals surface area contributed by atoms with Crippen LogP contribution in [0.2, 0.25) is 0 Å². The fourth-order valence-corrected chi connectivity index (χ4v) is 4.29. The molecule has 0 saturated carbocycles. The van der Waals surface area contributed by atoms with Crippen molar-refractivity contribution in [3.63, 3.8) is 0 Å². The number of nitrogens with one attached hydrogen (secondary N) is 1. The fourth-order valence-electron chi connectivity index (χ4n) is 3.23. The number of carbonyl (C=O) groups is 1. The lowest BCUT2D eigenvalue weighted by molar-refractivity contribution is -0.119. The van der Waals surface area contributed by atoms with E-state index in [1.165, 1.54) is 47.9 Å². The van der Waals surface area contributed by atoms with Gasteiger partial charge in [0.1, 0.15) is 0 Å². The third-order valence-corrected chi connectivity index (χ3v) is 6.20. The molecule has 1 atom stereocenters. The molecule has 0 heterocycles. The molecule has 3 rings (SSSR count). The summed E-state index contributed by atoms with van der Waals surface area (Å²) in [5.41, 5.74) is 5.41. The second-order valence-corrected chi connectivity index (χ2v) is 8.54. The van der Waals surface area contributed by atoms with Gasteiger partial charge in [-0.3, -0.25) is 4.79 Å². The van der Waals surface area contributed by atoms with Crippen molar-refractivity contribution < 1.29 is 4.79 Å². The summed E-state index contributed by atoms with van der Waals surface area (Å²) in [4.78, 5) is 12.2. The average molecular weight is 418 g/mol. The number of rotatable bonds is 6. The Morgan fingerprint density at radius 1 is 1.12 bits per heavy atom. The van der Waals surface area contributed by atoms with Crippen molar-refractivity contribution in [1.82, 2.24) is 5.32 Å². The number of hydrogen-bond acceptors (Lipinski definition) is 2. The molecule has 2 aromatic rings. The zero-order valence-electron chi connectivity index (χ0n) is 14.6. The Bertz CT molecular complexity index is 729. The van der Waals surface area contributed by atoms with Crippen LogP contribution in [0, 0.1) is 0 Å². The Morgan fingerprint density at radius 2 is 1.84 bits per heavy atom. The topological polar surface area (TPSA) is 29.1 Å². The van der Waals surface area contributed by atoms with Crippen LogP contribution >= 0.6 is 27.7 Å². The number of halogens is 1. The van der Waals surface area contributed by atoms with Crippen LogP contribution in [-0.4, -0.2) is 11.7 Å². The average Bonchev–Trinajstić information content (AvgIpc) is 2.63. The highest BCUT2D eigenvalue weighted by atomic mass is 79.9. The van der Waals surface area contributed by atoms with E-state index in [0.29, 0.717) is 5.75 Å². The lowest BCUT2D eigenvalue weighted by Gasteiger charge is -2.20. The van der Waals surface area contributed by atoms with Gasteiger partial charge in [-0.15, -0.1) is 11.8 Å². The fraction of sp³-hybridized carbons (Fsp3) is 0.381. The third-order valence-electron chi connectivity index (χ3n) is 4.67. The summed E-state index contributed by atoms with van der Waals surface area (Å²) in [6.45, 7) is 2.07. The molecule has 0 spiro atoms. The van der Waals surface area contributed by atoms with Gasteiger partial charge in [0, 0.05) is 10.2 Å². The number of aryl methyl sites for hydroxylation is 2. The first-order chi connectivity index (χ1) is 12.1. The first-order valence-corrected chi connectivity index (χ1v) is 10.8. The summed E-state index contributed by atoms with van der Waals surface area (Å²) in [6, 6.07) is 15.0. The Kier molecular flexibility index (Phi) is 6.60. The number of fused-ring (bicyclic) bond motifs is 1. The first kappa shape index (κ1) is 18.5. The number of carbonyl (C=O) groups excluding carboxylic acids is 1. The minimum atomic E-state index is 0.0630. The first-order valence-electron chi connectivity index (χ1n) is 8.85. The normalized spacial score (nSPS) is 14.6. The van der Waals surface area contributed by atoms with E-state index in [1.54, 1.807) is 11.8 Å². The van der Waals surface area contributed by atoms with Crippen LogP contribution < -0.4 is 5.32 Å². The molecule has 132 valence electrons. The summed E-state index contributed by atoms with van der Waals surface area (Å²) in [5.74, 6) is 1.45. The van der Waals surface area contributed by atoms with Crippen LogP contribution in [0.3, 0.4) is 0 Å². The molecule has 25 heavy (non-hydrogen) atoms. The van der Waals surface area contributed by atoms with Gasteiger partial charge in [0.25, 0.3) is 0 Å². The number of thioether (sulfide) groups is 1. The summed E-state index contributed by atoms with van der Waals surface area (Å²) in [7, 11) is 0. The van der Waals surface area contributed by atoms with Crippen LogP contribution in [0.25, 0.3) is 0 Å². The molecule has 0 fully saturated rings. The van der Waals surface area contributed by atoms with E-state index in [9.17, 15) is 4.79 Å². The Balaban J connectivity index is 1.48. The molecular weight excluding hydrogens is 394 g/mol. The van der Waals surface area contributed by atoms with Crippen molar-refractivity contribution in [3.05, 3.63) is 69.2 Å². The molecule has 4 heteroatoms. The molecule has 1 aliphatic carbocycles. The second-order valence-electron chi connectivity index (χ2n) is 6.64. The van der Waals surface area contributed by atoms with Gasteiger partial charge in [-0.2, -0.15) is 0 Å². The van der Waals surface area contributed by atoms with Crippen LogP contribution in [0.5, 0.6) is 0 Å². The molecule has 2 aromatic carbocycles. The predicted octanol–water partition coefficient (Wildman–Crippen LogP) is 5.44. The molecule has 0 bridgehead atoms. The zero-order valence-corrected chi connectivity index (χ0v) is 17.0. The molecule has 0 saturated heterocycles. The van der Waals surface area contributed by atoms with Crippen LogP contribution in [0.1, 0.15) is 48.1 Å². The van der Waals surface area contributed by atoms with Gasteiger partial charge >= 0.3 is 0 Å². The molecule has 0 aliphatic heterocycles. The van der Waals surface area contributed by atoms with Crippen LogP contribution in [0.15, 0.2) is 46.9 Å². The van der Waals surface area contributed by atoms with Crippen molar-refractivity contribution in [2.45, 2.75) is 44.4 Å². The van der Waals surface area contributed by atoms with Crippen LogP contribution in [0.4, 0.5) is 0 Å². The highest BCUT2D eigenvalue weighted by molar-refractivity contribution is 9.10. The van der Waals surface area contributed by atoms with Crippen molar-refractivity contribution in [3.8, 4) is 0 Å². The lowest BCUT2D eigenvalue weighted by atomic mass is 9.89. The van der Waals surface area contributed by atoms with E-state index in [-0.39, 0.29) is 11.9 Å². The maximum atomic E-state index is 12.2. The van der Waals surface area contributed by atoms with Gasteiger partial charge in [0.05, 0.1) is 11.8 Å². The van der Waals surface area contributed by atoms with Crippen molar-refractivity contribution in [2.75, 3.05) is 5.75 Å². The maximum absolute atomic E-state index is 12.2. The largest absolute Gasteiger partial charge is 0.349 e. The zero-order chi connectivity index (χ0) is 17.6. The van der Waals surface area contributed by atoms with E-state index < -0.39 is 0 Å². The summed E-state index contributed by atoms with van der Waals surface area (Å²) < 4.78 is 1.08. The van der Waals surface area contributed by atoms with Gasteiger partial charge in [-0.05, 0) is 67.0 Å².